The van der Waals surface area contributed by atoms with Crippen LogP contribution >= 0.6 is 0 Å². The summed E-state index contributed by atoms with van der Waals surface area (Å²) in [5.74, 6) is -3.50. The minimum absolute atomic E-state index is 0. The van der Waals surface area contributed by atoms with Crippen LogP contribution in [0.4, 0.5) is 0 Å². The monoisotopic (exact) mass is 314 g/mol. The number of aliphatic carboxylic acids is 2. The van der Waals surface area contributed by atoms with E-state index in [2.05, 4.69) is 6.07 Å². The second-order valence-electron chi connectivity index (χ2n) is 3.02. The molecule has 0 amide bonds. The third-order valence-corrected chi connectivity index (χ3v) is 2.69. The second kappa shape index (κ2) is 10.5. The van der Waals surface area contributed by atoms with Crippen molar-refractivity contribution in [1.82, 2.24) is 0 Å². The summed E-state index contributed by atoms with van der Waals surface area (Å²) in [6.07, 6.45) is -1.16. The van der Waals surface area contributed by atoms with E-state index in [4.69, 9.17) is 14.8 Å². The molecule has 0 saturated heterocycles. The van der Waals surface area contributed by atoms with Crippen molar-refractivity contribution in [3.8, 4) is 0 Å². The van der Waals surface area contributed by atoms with Gasteiger partial charge in [-0.05, 0) is 0 Å². The van der Waals surface area contributed by atoms with Crippen LogP contribution in [0.3, 0.4) is 0 Å². The molecule has 7 nitrogen and oxygen atoms in total. The first-order valence-corrected chi connectivity index (χ1v) is 6.07. The van der Waals surface area contributed by atoms with Crippen LogP contribution in [-0.2, 0) is 19.7 Å². The van der Waals surface area contributed by atoms with Crippen LogP contribution in [-0.4, -0.2) is 40.4 Å². The molecule has 0 radical (unpaired) electrons. The molecule has 19 heavy (non-hydrogen) atoms. The summed E-state index contributed by atoms with van der Waals surface area (Å²) < 4.78 is 28.7. The summed E-state index contributed by atoms with van der Waals surface area (Å²) >= 11 is 0. The van der Waals surface area contributed by atoms with E-state index in [1.807, 2.05) is 30.3 Å². The van der Waals surface area contributed by atoms with Gasteiger partial charge >= 0.3 is 63.3 Å². The van der Waals surface area contributed by atoms with Crippen molar-refractivity contribution in [2.24, 2.45) is 0 Å². The predicted molar refractivity (Wildman–Crippen MR) is 60.5 cm³/mol. The van der Waals surface area contributed by atoms with Crippen molar-refractivity contribution in [1.29, 1.82) is 0 Å². The van der Waals surface area contributed by atoms with E-state index in [9.17, 15) is 18.0 Å². The molecule has 0 aliphatic heterocycles. The summed E-state index contributed by atoms with van der Waals surface area (Å²) in [7, 11) is -4.84. The molecule has 0 aliphatic rings. The Morgan fingerprint density at radius 2 is 1.58 bits per heavy atom. The molecule has 1 aromatic carbocycles. The van der Waals surface area contributed by atoms with Crippen LogP contribution in [0.25, 0.3) is 0 Å². The molecule has 1 atom stereocenters. The SMILES string of the molecule is O=C(O)CC(C(=O)O)S(=O)(=O)O.[K+].[c-]1ccccc1. The molecule has 100 valence electrons. The van der Waals surface area contributed by atoms with E-state index in [-0.39, 0.29) is 51.4 Å². The predicted octanol–water partition coefficient (Wildman–Crippen LogP) is -2.71. The van der Waals surface area contributed by atoms with Crippen LogP contribution in [0.2, 0.25) is 0 Å². The maximum atomic E-state index is 10.2. The molecular formula is C10H11KO7S. The van der Waals surface area contributed by atoms with Crippen molar-refractivity contribution in [2.75, 3.05) is 0 Å². The van der Waals surface area contributed by atoms with Gasteiger partial charge in [-0.3, -0.25) is 14.1 Å². The summed E-state index contributed by atoms with van der Waals surface area (Å²) in [4.78, 5) is 20.0. The van der Waals surface area contributed by atoms with Crippen molar-refractivity contribution in [2.45, 2.75) is 11.7 Å². The van der Waals surface area contributed by atoms with Gasteiger partial charge in [-0.25, -0.2) is 0 Å². The Balaban J connectivity index is 0. The van der Waals surface area contributed by atoms with Crippen LogP contribution in [0.15, 0.2) is 30.3 Å². The van der Waals surface area contributed by atoms with Crippen molar-refractivity contribution in [3.63, 3.8) is 0 Å². The van der Waals surface area contributed by atoms with Crippen LogP contribution < -0.4 is 51.4 Å². The first-order chi connectivity index (χ1) is 8.25. The summed E-state index contributed by atoms with van der Waals surface area (Å²) in [6.45, 7) is 0. The van der Waals surface area contributed by atoms with Gasteiger partial charge in [0.15, 0.2) is 5.25 Å². The van der Waals surface area contributed by atoms with Crippen LogP contribution in [0.5, 0.6) is 0 Å². The van der Waals surface area contributed by atoms with Gasteiger partial charge in [-0.15, -0.1) is 0 Å². The standard InChI is InChI=1S/C6H5.C4H6O7S.K/c1-2-4-6-5-3-1;5-3(6)1-2(4(7)8)12(9,10)11;/h1-5H;2H,1H2,(H,5,6)(H,7,8)(H,9,10,11);/q-1;;+1. The number of carboxylic acid groups (broad SMARTS) is 2. The molecule has 0 fully saturated rings. The average molecular weight is 314 g/mol. The van der Waals surface area contributed by atoms with Gasteiger partial charge in [0.2, 0.25) is 0 Å². The third kappa shape index (κ3) is 11.2. The topological polar surface area (TPSA) is 129 Å². The van der Waals surface area contributed by atoms with E-state index in [1.165, 1.54) is 0 Å². The van der Waals surface area contributed by atoms with Gasteiger partial charge in [0.05, 0.1) is 6.42 Å². The van der Waals surface area contributed by atoms with Gasteiger partial charge in [-0.2, -0.15) is 44.8 Å². The van der Waals surface area contributed by atoms with E-state index >= 15 is 0 Å². The Bertz CT molecular complexity index is 459. The van der Waals surface area contributed by atoms with Crippen molar-refractivity contribution < 1.29 is 84.2 Å². The van der Waals surface area contributed by atoms with E-state index in [0.29, 0.717) is 0 Å². The minimum Gasteiger partial charge on any atom is -0.481 e. The zero-order valence-corrected chi connectivity index (χ0v) is 14.0. The molecule has 1 rings (SSSR count). The Labute approximate surface area is 152 Å². The fourth-order valence-corrected chi connectivity index (χ4v) is 1.43. The Kier molecular flexibility index (Phi) is 11.6. The number of hydrogen-bond acceptors (Lipinski definition) is 4. The van der Waals surface area contributed by atoms with Gasteiger partial charge < -0.3 is 10.2 Å². The van der Waals surface area contributed by atoms with Gasteiger partial charge in [0, 0.05) is 0 Å². The summed E-state index contributed by atoms with van der Waals surface area (Å²) in [5.41, 5.74) is 0. The Hall–Kier alpha value is -0.294. The third-order valence-electron chi connectivity index (χ3n) is 1.60. The number of carboxylic acids is 2. The maximum absolute atomic E-state index is 10.2. The quantitative estimate of drug-likeness (QED) is 0.313. The normalized spacial score (nSPS) is 11.2. The second-order valence-corrected chi connectivity index (χ2v) is 4.62. The zero-order chi connectivity index (χ0) is 14.2. The fraction of sp³-hybridized carbons (Fsp3) is 0.200. The molecule has 0 aromatic heterocycles. The van der Waals surface area contributed by atoms with Crippen molar-refractivity contribution >= 4 is 22.1 Å². The largest absolute Gasteiger partial charge is 1.00 e. The fourth-order valence-electron chi connectivity index (χ4n) is 0.821. The number of benzene rings is 1. The molecule has 0 heterocycles. The Morgan fingerprint density at radius 3 is 1.68 bits per heavy atom. The zero-order valence-electron chi connectivity index (χ0n) is 10.1. The first kappa shape index (κ1) is 21.0. The molecule has 0 saturated carbocycles. The number of rotatable bonds is 4. The Morgan fingerprint density at radius 1 is 1.11 bits per heavy atom. The smallest absolute Gasteiger partial charge is 0.481 e. The summed E-state index contributed by atoms with van der Waals surface area (Å²) in [6, 6.07) is 12.5. The molecule has 0 aliphatic carbocycles. The molecule has 0 spiro atoms. The summed E-state index contributed by atoms with van der Waals surface area (Å²) in [5, 5.41) is 13.9. The van der Waals surface area contributed by atoms with E-state index in [0.717, 1.165) is 0 Å². The molecule has 1 aromatic rings. The van der Waals surface area contributed by atoms with Gasteiger partial charge in [0.1, 0.15) is 0 Å². The van der Waals surface area contributed by atoms with E-state index < -0.39 is 33.7 Å². The van der Waals surface area contributed by atoms with Gasteiger partial charge in [-0.1, -0.05) is 0 Å². The van der Waals surface area contributed by atoms with Crippen molar-refractivity contribution in [3.05, 3.63) is 36.4 Å². The molecule has 3 N–H and O–H groups in total. The van der Waals surface area contributed by atoms with E-state index in [1.54, 1.807) is 0 Å². The van der Waals surface area contributed by atoms with Crippen LogP contribution in [0, 0.1) is 6.07 Å². The maximum Gasteiger partial charge on any atom is 1.00 e. The molecule has 1 unspecified atom stereocenters. The number of hydrogen-bond donors (Lipinski definition) is 3. The molecular weight excluding hydrogens is 303 g/mol. The molecule has 9 heteroatoms. The number of carbonyl (C=O) groups is 2. The van der Waals surface area contributed by atoms with Gasteiger partial charge in [0.25, 0.3) is 10.1 Å². The van der Waals surface area contributed by atoms with Crippen LogP contribution in [0.1, 0.15) is 6.42 Å². The first-order valence-electron chi connectivity index (χ1n) is 4.57. The molecule has 0 bridgehead atoms. The average Bonchev–Trinajstić information content (AvgIpc) is 2.27. The minimum atomic E-state index is -4.84.